The molecule has 4 amide bonds. The van der Waals surface area contributed by atoms with Gasteiger partial charge in [-0.05, 0) is 42.7 Å². The molecule has 3 heterocycles. The predicted molar refractivity (Wildman–Crippen MR) is 103 cm³/mol. The van der Waals surface area contributed by atoms with Gasteiger partial charge in [0.25, 0.3) is 11.8 Å². The van der Waals surface area contributed by atoms with Gasteiger partial charge in [-0.1, -0.05) is 12.1 Å². The summed E-state index contributed by atoms with van der Waals surface area (Å²) in [5, 5.41) is 9.15. The summed E-state index contributed by atoms with van der Waals surface area (Å²) in [5.41, 5.74) is 1.94. The number of hydrogen-bond acceptors (Lipinski definition) is 6. The molecular weight excluding hydrogens is 372 g/mol. The third-order valence-corrected chi connectivity index (χ3v) is 6.84. The average Bonchev–Trinajstić information content (AvgIpc) is 3.22. The van der Waals surface area contributed by atoms with E-state index >= 15 is 0 Å². The highest BCUT2D eigenvalue weighted by atomic mass is 16.2. The van der Waals surface area contributed by atoms with Gasteiger partial charge < -0.3 is 10.6 Å². The predicted octanol–water partition coefficient (Wildman–Crippen LogP) is 0.320. The monoisotopic (exact) mass is 396 g/mol. The molecule has 3 aliphatic heterocycles. The minimum absolute atomic E-state index is 0.122. The van der Waals surface area contributed by atoms with Crippen LogP contribution < -0.4 is 16.0 Å². The summed E-state index contributed by atoms with van der Waals surface area (Å²) in [4.78, 5) is 50.7. The standard InChI is InChI=1S/C21H24N4O4/c26-16-5-4-15(18(27)24-16)25-19(28)14-3-1-2-12(17(14)20(25)29)9-23-13-6-7-21(8-13)10-22-11-21/h1-3,13,15,22-23H,4-11H2,(H,24,26,27). The Morgan fingerprint density at radius 1 is 1.10 bits per heavy atom. The maximum Gasteiger partial charge on any atom is 0.262 e. The highest BCUT2D eigenvalue weighted by Gasteiger charge is 2.46. The van der Waals surface area contributed by atoms with Crippen LogP contribution in [0.25, 0.3) is 0 Å². The van der Waals surface area contributed by atoms with E-state index in [0.717, 1.165) is 36.4 Å². The second-order valence-electron chi connectivity index (χ2n) is 8.71. The van der Waals surface area contributed by atoms with Crippen molar-refractivity contribution in [1.29, 1.82) is 0 Å². The van der Waals surface area contributed by atoms with Gasteiger partial charge in [-0.25, -0.2) is 0 Å². The maximum atomic E-state index is 13.1. The molecule has 0 radical (unpaired) electrons. The molecule has 1 aromatic carbocycles. The van der Waals surface area contributed by atoms with Gasteiger partial charge in [0.15, 0.2) is 0 Å². The molecule has 2 unspecified atom stereocenters. The van der Waals surface area contributed by atoms with Gasteiger partial charge in [0.05, 0.1) is 11.1 Å². The van der Waals surface area contributed by atoms with Crippen molar-refractivity contribution in [2.75, 3.05) is 13.1 Å². The number of nitrogens with zero attached hydrogens (tertiary/aromatic N) is 1. The molecule has 3 N–H and O–H groups in total. The molecule has 3 fully saturated rings. The van der Waals surface area contributed by atoms with Gasteiger partial charge in [-0.3, -0.25) is 29.4 Å². The van der Waals surface area contributed by atoms with E-state index in [1.54, 1.807) is 12.1 Å². The first-order valence-electron chi connectivity index (χ1n) is 10.3. The molecule has 1 aliphatic carbocycles. The summed E-state index contributed by atoms with van der Waals surface area (Å²) < 4.78 is 0. The Morgan fingerprint density at radius 3 is 2.62 bits per heavy atom. The molecule has 1 aromatic rings. The number of hydrogen-bond donors (Lipinski definition) is 3. The molecule has 8 heteroatoms. The molecule has 1 saturated carbocycles. The molecule has 8 nitrogen and oxygen atoms in total. The van der Waals surface area contributed by atoms with Crippen LogP contribution in [-0.4, -0.2) is 53.7 Å². The Morgan fingerprint density at radius 2 is 1.93 bits per heavy atom. The minimum atomic E-state index is -0.929. The molecule has 2 atom stereocenters. The number of amides is 4. The first-order chi connectivity index (χ1) is 14.0. The summed E-state index contributed by atoms with van der Waals surface area (Å²) in [7, 11) is 0. The number of imide groups is 2. The van der Waals surface area contributed by atoms with E-state index in [-0.39, 0.29) is 18.7 Å². The summed E-state index contributed by atoms with van der Waals surface area (Å²) in [6.45, 7) is 2.68. The second kappa shape index (κ2) is 6.74. The van der Waals surface area contributed by atoms with Gasteiger partial charge in [0, 0.05) is 32.1 Å². The van der Waals surface area contributed by atoms with Crippen LogP contribution >= 0.6 is 0 Å². The zero-order valence-corrected chi connectivity index (χ0v) is 16.1. The summed E-state index contributed by atoms with van der Waals surface area (Å²) >= 11 is 0. The van der Waals surface area contributed by atoms with Crippen LogP contribution in [0.1, 0.15) is 58.4 Å². The Bertz CT molecular complexity index is 923. The minimum Gasteiger partial charge on any atom is -0.316 e. The molecular formula is C21H24N4O4. The number of carbonyl (C=O) groups is 4. The van der Waals surface area contributed by atoms with Crippen molar-refractivity contribution in [2.45, 2.75) is 50.7 Å². The summed E-state index contributed by atoms with van der Waals surface area (Å²) in [6.07, 6.45) is 3.75. The Labute approximate surface area is 168 Å². The Balaban J connectivity index is 1.33. The molecule has 5 rings (SSSR count). The topological polar surface area (TPSA) is 108 Å². The van der Waals surface area contributed by atoms with Crippen molar-refractivity contribution in [2.24, 2.45) is 5.41 Å². The second-order valence-corrected chi connectivity index (χ2v) is 8.71. The zero-order chi connectivity index (χ0) is 20.2. The first kappa shape index (κ1) is 18.4. The van der Waals surface area contributed by atoms with Gasteiger partial charge >= 0.3 is 0 Å². The molecule has 2 saturated heterocycles. The number of rotatable bonds is 4. The maximum absolute atomic E-state index is 13.1. The van der Waals surface area contributed by atoms with Gasteiger partial charge in [-0.15, -0.1) is 0 Å². The van der Waals surface area contributed by atoms with E-state index in [9.17, 15) is 19.2 Å². The molecule has 1 spiro atoms. The molecule has 0 bridgehead atoms. The summed E-state index contributed by atoms with van der Waals surface area (Å²) in [5.74, 6) is -1.85. The van der Waals surface area contributed by atoms with Crippen LogP contribution in [0, 0.1) is 5.41 Å². The largest absolute Gasteiger partial charge is 0.316 e. The van der Waals surface area contributed by atoms with Crippen molar-refractivity contribution in [3.05, 3.63) is 34.9 Å². The molecule has 4 aliphatic rings. The number of carbonyl (C=O) groups excluding carboxylic acids is 4. The van der Waals surface area contributed by atoms with Crippen molar-refractivity contribution >= 4 is 23.6 Å². The summed E-state index contributed by atoms with van der Waals surface area (Å²) in [6, 6.07) is 4.75. The third kappa shape index (κ3) is 2.98. The van der Waals surface area contributed by atoms with E-state index in [2.05, 4.69) is 16.0 Å². The van der Waals surface area contributed by atoms with E-state index < -0.39 is 23.8 Å². The molecule has 0 aromatic heterocycles. The lowest BCUT2D eigenvalue weighted by atomic mass is 9.80. The highest BCUT2D eigenvalue weighted by Crippen LogP contribution is 2.41. The smallest absolute Gasteiger partial charge is 0.262 e. The fourth-order valence-corrected chi connectivity index (χ4v) is 5.17. The van der Waals surface area contributed by atoms with Crippen LogP contribution in [0.4, 0.5) is 0 Å². The van der Waals surface area contributed by atoms with Crippen LogP contribution in [0.2, 0.25) is 0 Å². The van der Waals surface area contributed by atoms with Gasteiger partial charge in [-0.2, -0.15) is 0 Å². The lowest BCUT2D eigenvalue weighted by Crippen LogP contribution is -2.54. The molecule has 152 valence electrons. The number of benzene rings is 1. The Hall–Kier alpha value is -2.58. The van der Waals surface area contributed by atoms with Crippen molar-refractivity contribution < 1.29 is 19.2 Å². The quantitative estimate of drug-likeness (QED) is 0.633. The third-order valence-electron chi connectivity index (χ3n) is 6.84. The SMILES string of the molecule is O=C1CCC(N2C(=O)c3cccc(CNC4CCC5(CNC5)C4)c3C2=O)C(=O)N1. The van der Waals surface area contributed by atoms with Crippen LogP contribution in [-0.2, 0) is 16.1 Å². The normalized spacial score (nSPS) is 27.9. The zero-order valence-electron chi connectivity index (χ0n) is 16.1. The fraction of sp³-hybridized carbons (Fsp3) is 0.524. The fourth-order valence-electron chi connectivity index (χ4n) is 5.17. The molecule has 29 heavy (non-hydrogen) atoms. The van der Waals surface area contributed by atoms with Crippen LogP contribution in [0.5, 0.6) is 0 Å². The highest BCUT2D eigenvalue weighted by molar-refractivity contribution is 6.24. The van der Waals surface area contributed by atoms with Gasteiger partial charge in [0.2, 0.25) is 11.8 Å². The van der Waals surface area contributed by atoms with Crippen LogP contribution in [0.15, 0.2) is 18.2 Å². The Kier molecular flexibility index (Phi) is 4.29. The van der Waals surface area contributed by atoms with E-state index in [0.29, 0.717) is 29.1 Å². The van der Waals surface area contributed by atoms with Crippen molar-refractivity contribution in [1.82, 2.24) is 20.9 Å². The lowest BCUT2D eigenvalue weighted by Gasteiger charge is -2.39. The van der Waals surface area contributed by atoms with E-state index in [4.69, 9.17) is 0 Å². The van der Waals surface area contributed by atoms with Gasteiger partial charge in [0.1, 0.15) is 6.04 Å². The average molecular weight is 396 g/mol. The number of nitrogens with one attached hydrogen (secondary N) is 3. The lowest BCUT2D eigenvalue weighted by molar-refractivity contribution is -0.136. The van der Waals surface area contributed by atoms with Crippen molar-refractivity contribution in [3.63, 3.8) is 0 Å². The van der Waals surface area contributed by atoms with E-state index in [1.165, 1.54) is 6.42 Å². The first-order valence-corrected chi connectivity index (χ1v) is 10.3. The van der Waals surface area contributed by atoms with Crippen molar-refractivity contribution in [3.8, 4) is 0 Å². The number of fused-ring (bicyclic) bond motifs is 1. The van der Waals surface area contributed by atoms with E-state index in [1.807, 2.05) is 6.07 Å². The van der Waals surface area contributed by atoms with Crippen LogP contribution in [0.3, 0.4) is 0 Å². The number of piperidine rings is 1.